The lowest BCUT2D eigenvalue weighted by Crippen LogP contribution is -2.14. The Morgan fingerprint density at radius 3 is 2.63 bits per heavy atom. The lowest BCUT2D eigenvalue weighted by atomic mass is 10.1. The van der Waals surface area contributed by atoms with Crippen molar-refractivity contribution in [3.05, 3.63) is 116 Å². The molecule has 1 aliphatic heterocycles. The van der Waals surface area contributed by atoms with Gasteiger partial charge in [0.1, 0.15) is 34.5 Å². The number of hydrogen-bond acceptors (Lipinski definition) is 6. The lowest BCUT2D eigenvalue weighted by molar-refractivity contribution is -0.138. The number of nitrogens with zero attached hydrogens (tertiary/aromatic N) is 1. The van der Waals surface area contributed by atoms with Crippen LogP contribution in [-0.4, -0.2) is 28.6 Å². The first-order valence-corrected chi connectivity index (χ1v) is 13.2. The van der Waals surface area contributed by atoms with E-state index in [-0.39, 0.29) is 40.3 Å². The van der Waals surface area contributed by atoms with Crippen molar-refractivity contribution in [2.45, 2.75) is 20.5 Å². The summed E-state index contributed by atoms with van der Waals surface area (Å²) in [5, 5.41) is 11.1. The van der Waals surface area contributed by atoms with E-state index in [1.54, 1.807) is 68.5 Å². The molecule has 194 valence electrons. The summed E-state index contributed by atoms with van der Waals surface area (Å²) >= 11 is 4.42. The monoisotopic (exact) mass is 595 g/mol. The van der Waals surface area contributed by atoms with E-state index in [4.69, 9.17) is 9.47 Å². The van der Waals surface area contributed by atoms with Crippen LogP contribution in [0, 0.1) is 12.7 Å². The molecule has 0 radical (unpaired) electrons. The van der Waals surface area contributed by atoms with Gasteiger partial charge in [0.15, 0.2) is 0 Å². The van der Waals surface area contributed by atoms with Crippen molar-refractivity contribution in [1.82, 2.24) is 0 Å². The van der Waals surface area contributed by atoms with Gasteiger partial charge in [0.25, 0.3) is 5.91 Å². The van der Waals surface area contributed by atoms with Crippen molar-refractivity contribution in [1.29, 1.82) is 0 Å². The van der Waals surface area contributed by atoms with E-state index in [0.29, 0.717) is 22.4 Å². The molecule has 6 nitrogen and oxygen atoms in total. The van der Waals surface area contributed by atoms with E-state index in [1.165, 1.54) is 12.1 Å². The van der Waals surface area contributed by atoms with Gasteiger partial charge in [-0.1, -0.05) is 58.0 Å². The van der Waals surface area contributed by atoms with Crippen LogP contribution >= 0.6 is 27.7 Å². The molecule has 0 fully saturated rings. The number of rotatable bonds is 7. The molecule has 0 spiro atoms. The lowest BCUT2D eigenvalue weighted by Gasteiger charge is -2.11. The molecule has 3 aromatic rings. The second-order valence-corrected chi connectivity index (χ2v) is 10.1. The number of thioether (sulfide) groups is 1. The molecule has 0 aromatic heterocycles. The van der Waals surface area contributed by atoms with Gasteiger partial charge >= 0.3 is 5.97 Å². The smallest absolute Gasteiger partial charge is 0.344 e. The molecule has 0 unspecified atom stereocenters. The van der Waals surface area contributed by atoms with Crippen molar-refractivity contribution in [3.63, 3.8) is 0 Å². The quantitative estimate of drug-likeness (QED) is 0.291. The fourth-order valence-corrected chi connectivity index (χ4v) is 5.03. The Bertz CT molecular complexity index is 1500. The number of aryl methyl sites for hydroxylation is 1. The largest absolute Gasteiger partial charge is 0.506 e. The van der Waals surface area contributed by atoms with Crippen molar-refractivity contribution < 1.29 is 28.6 Å². The highest BCUT2D eigenvalue weighted by Crippen LogP contribution is 2.41. The number of aliphatic hydroxyl groups is 1. The number of carbonyl (C=O) groups excluding carboxylic acids is 2. The van der Waals surface area contributed by atoms with E-state index < -0.39 is 11.9 Å². The Morgan fingerprint density at radius 2 is 1.89 bits per heavy atom. The zero-order valence-corrected chi connectivity index (χ0v) is 22.9. The minimum absolute atomic E-state index is 0.0395. The third-order valence-corrected chi connectivity index (χ3v) is 7.00. The maximum atomic E-state index is 13.6. The predicted molar refractivity (Wildman–Crippen MR) is 150 cm³/mol. The van der Waals surface area contributed by atoms with Crippen LogP contribution in [0.1, 0.15) is 34.0 Å². The highest BCUT2D eigenvalue weighted by atomic mass is 79.9. The fourth-order valence-electron chi connectivity index (χ4n) is 3.65. The number of carbonyl (C=O) groups is 2. The Balaban J connectivity index is 1.70. The van der Waals surface area contributed by atoms with E-state index in [9.17, 15) is 19.1 Å². The molecular weight excluding hydrogens is 573 g/mol. The van der Waals surface area contributed by atoms with Crippen LogP contribution in [0.25, 0.3) is 6.08 Å². The van der Waals surface area contributed by atoms with E-state index >= 15 is 0 Å². The third-order valence-electron chi connectivity index (χ3n) is 5.49. The summed E-state index contributed by atoms with van der Waals surface area (Å²) in [6.07, 6.45) is 1.63. The number of aliphatic hydroxyl groups excluding tert-OH is 1. The molecule has 0 saturated carbocycles. The zero-order chi connectivity index (χ0) is 27.2. The fraction of sp³-hybridized carbons (Fsp3) is 0.138. The molecule has 3 aromatic carbocycles. The molecular formula is C29H23BrFNO5S. The molecule has 0 atom stereocenters. The zero-order valence-electron chi connectivity index (χ0n) is 20.5. The van der Waals surface area contributed by atoms with Crippen molar-refractivity contribution in [2.24, 2.45) is 4.99 Å². The second-order valence-electron chi connectivity index (χ2n) is 8.19. The summed E-state index contributed by atoms with van der Waals surface area (Å²) in [7, 11) is 0. The molecule has 1 aliphatic rings. The Kier molecular flexibility index (Phi) is 8.81. The number of halogens is 2. The predicted octanol–water partition coefficient (Wildman–Crippen LogP) is 7.18. The van der Waals surface area contributed by atoms with Gasteiger partial charge in [-0.3, -0.25) is 4.79 Å². The van der Waals surface area contributed by atoms with Crippen LogP contribution in [0.4, 0.5) is 4.39 Å². The maximum Gasteiger partial charge on any atom is 0.344 e. The average molecular weight is 596 g/mol. The molecule has 0 bridgehead atoms. The summed E-state index contributed by atoms with van der Waals surface area (Å²) in [6, 6.07) is 18.4. The van der Waals surface area contributed by atoms with Gasteiger partial charge in [-0.2, -0.15) is 0 Å². The van der Waals surface area contributed by atoms with Crippen molar-refractivity contribution in [3.8, 4) is 5.75 Å². The van der Waals surface area contributed by atoms with Crippen LogP contribution in [-0.2, 0) is 16.1 Å². The van der Waals surface area contributed by atoms with Gasteiger partial charge in [0, 0.05) is 15.6 Å². The van der Waals surface area contributed by atoms with Gasteiger partial charge in [0.05, 0.1) is 11.5 Å². The number of aliphatic imine (C=N–C) groups is 1. The van der Waals surface area contributed by atoms with Crippen LogP contribution in [0.15, 0.2) is 92.4 Å². The SMILES string of the molecule is CCOC(=O)C1=C(O)/C(=C/c2cc(Br)ccc2OCc2cccc(F)c2)SC1=NC(=O)c1ccccc1C. The normalized spacial score (nSPS) is 15.3. The molecule has 1 heterocycles. The van der Waals surface area contributed by atoms with Crippen molar-refractivity contribution >= 4 is 50.7 Å². The minimum atomic E-state index is -0.783. The number of benzene rings is 3. The standard InChI is InChI=1S/C29H23BrFNO5S/c1-3-36-29(35)25-26(33)24(38-28(25)32-27(34)22-10-5-4-7-17(22)2)15-19-14-20(30)11-12-23(19)37-16-18-8-6-9-21(31)13-18/h4-15,33H,3,16H2,1-2H3/b24-15-,32-28?. The molecule has 0 saturated heterocycles. The van der Waals surface area contributed by atoms with E-state index in [0.717, 1.165) is 21.8 Å². The van der Waals surface area contributed by atoms with E-state index in [2.05, 4.69) is 20.9 Å². The highest BCUT2D eigenvalue weighted by molar-refractivity contribution is 9.10. The van der Waals surface area contributed by atoms with E-state index in [1.807, 2.05) is 6.07 Å². The van der Waals surface area contributed by atoms with Gasteiger partial charge in [0.2, 0.25) is 0 Å². The summed E-state index contributed by atoms with van der Waals surface area (Å²) in [5.74, 6) is -1.56. The maximum absolute atomic E-state index is 13.6. The van der Waals surface area contributed by atoms with Gasteiger partial charge in [-0.05, 0) is 67.4 Å². The Labute approximate surface area is 232 Å². The van der Waals surface area contributed by atoms with Gasteiger partial charge < -0.3 is 14.6 Å². The third kappa shape index (κ3) is 6.41. The number of hydrogen-bond donors (Lipinski definition) is 1. The van der Waals surface area contributed by atoms with Crippen molar-refractivity contribution in [2.75, 3.05) is 6.61 Å². The summed E-state index contributed by atoms with van der Waals surface area (Å²) in [4.78, 5) is 30.1. The molecule has 9 heteroatoms. The first-order chi connectivity index (χ1) is 18.3. The summed E-state index contributed by atoms with van der Waals surface area (Å²) < 4.78 is 25.4. The highest BCUT2D eigenvalue weighted by Gasteiger charge is 2.34. The average Bonchev–Trinajstić information content (AvgIpc) is 3.18. The Morgan fingerprint density at radius 1 is 1.11 bits per heavy atom. The van der Waals surface area contributed by atoms with Crippen LogP contribution < -0.4 is 4.74 Å². The van der Waals surface area contributed by atoms with Crippen LogP contribution in [0.3, 0.4) is 0 Å². The minimum Gasteiger partial charge on any atom is -0.506 e. The first-order valence-electron chi connectivity index (χ1n) is 11.6. The molecule has 1 amide bonds. The van der Waals surface area contributed by atoms with Gasteiger partial charge in [-0.25, -0.2) is 14.2 Å². The molecule has 4 rings (SSSR count). The number of ether oxygens (including phenoxy) is 2. The topological polar surface area (TPSA) is 85.2 Å². The van der Waals surface area contributed by atoms with Crippen LogP contribution in [0.5, 0.6) is 5.75 Å². The Hall–Kier alpha value is -3.69. The second kappa shape index (κ2) is 12.2. The molecule has 0 aliphatic carbocycles. The number of amides is 1. The van der Waals surface area contributed by atoms with Crippen LogP contribution in [0.2, 0.25) is 0 Å². The molecule has 1 N–H and O–H groups in total. The molecule has 38 heavy (non-hydrogen) atoms. The first kappa shape index (κ1) is 27.3. The summed E-state index contributed by atoms with van der Waals surface area (Å²) in [6.45, 7) is 3.64. The number of esters is 1. The van der Waals surface area contributed by atoms with Gasteiger partial charge in [-0.15, -0.1) is 0 Å². The summed E-state index contributed by atoms with van der Waals surface area (Å²) in [5.41, 5.74) is 2.18.